The molecule has 5 nitrogen and oxygen atoms in total. The minimum atomic E-state index is -0.160. The van der Waals surface area contributed by atoms with Crippen molar-refractivity contribution < 1.29 is 9.53 Å². The average Bonchev–Trinajstić information content (AvgIpc) is 2.38. The van der Waals surface area contributed by atoms with Gasteiger partial charge in [-0.1, -0.05) is 6.92 Å². The van der Waals surface area contributed by atoms with E-state index < -0.39 is 0 Å². The number of hydrogen-bond acceptors (Lipinski definition) is 4. The van der Waals surface area contributed by atoms with Crippen molar-refractivity contribution in [3.8, 4) is 5.75 Å². The Morgan fingerprint density at radius 2 is 2.41 bits per heavy atom. The van der Waals surface area contributed by atoms with Gasteiger partial charge in [-0.05, 0) is 18.9 Å². The van der Waals surface area contributed by atoms with E-state index in [1.807, 2.05) is 6.92 Å². The molecule has 0 saturated heterocycles. The smallest absolute Gasteiger partial charge is 0.255 e. The van der Waals surface area contributed by atoms with Crippen molar-refractivity contribution in [2.24, 2.45) is 5.73 Å². The van der Waals surface area contributed by atoms with Crippen LogP contribution < -0.4 is 15.8 Å². The number of rotatable bonds is 6. The molecular formula is C12H19N3O2. The standard InChI is InChI=1S/C12H19N3O2/c1-3-9(13)4-7-15-12(16)10-5-6-14-8-11(10)17-2/h5-6,8-9H,3-4,7,13H2,1-2H3,(H,15,16). The molecule has 0 spiro atoms. The van der Waals surface area contributed by atoms with E-state index in [-0.39, 0.29) is 11.9 Å². The van der Waals surface area contributed by atoms with E-state index in [1.165, 1.54) is 13.3 Å². The fourth-order valence-electron chi connectivity index (χ4n) is 1.40. The van der Waals surface area contributed by atoms with Crippen LogP contribution in [0.1, 0.15) is 30.1 Å². The summed E-state index contributed by atoms with van der Waals surface area (Å²) in [4.78, 5) is 15.7. The van der Waals surface area contributed by atoms with Gasteiger partial charge in [0.2, 0.25) is 0 Å². The van der Waals surface area contributed by atoms with Crippen LogP contribution in [-0.2, 0) is 0 Å². The Bertz CT molecular complexity index is 369. The SMILES string of the molecule is CCC(N)CCNC(=O)c1ccncc1OC. The summed E-state index contributed by atoms with van der Waals surface area (Å²) >= 11 is 0. The second-order valence-corrected chi connectivity index (χ2v) is 3.79. The Morgan fingerprint density at radius 1 is 1.65 bits per heavy atom. The molecule has 0 fully saturated rings. The van der Waals surface area contributed by atoms with E-state index in [2.05, 4.69) is 10.3 Å². The van der Waals surface area contributed by atoms with Crippen molar-refractivity contribution in [2.45, 2.75) is 25.8 Å². The predicted molar refractivity (Wildman–Crippen MR) is 66.0 cm³/mol. The molecule has 1 heterocycles. The molecule has 3 N–H and O–H groups in total. The second kappa shape index (κ2) is 6.85. The van der Waals surface area contributed by atoms with Crippen LogP contribution in [0.15, 0.2) is 18.5 Å². The highest BCUT2D eigenvalue weighted by Gasteiger charge is 2.11. The summed E-state index contributed by atoms with van der Waals surface area (Å²) in [6, 6.07) is 1.77. The summed E-state index contributed by atoms with van der Waals surface area (Å²) in [7, 11) is 1.51. The second-order valence-electron chi connectivity index (χ2n) is 3.79. The summed E-state index contributed by atoms with van der Waals surface area (Å²) in [5.41, 5.74) is 6.26. The Kier molecular flexibility index (Phi) is 5.42. The number of carbonyl (C=O) groups excluding carboxylic acids is 1. The molecule has 0 aromatic carbocycles. The van der Waals surface area contributed by atoms with Crippen molar-refractivity contribution in [1.82, 2.24) is 10.3 Å². The maximum atomic E-state index is 11.8. The van der Waals surface area contributed by atoms with Crippen LogP contribution in [0.3, 0.4) is 0 Å². The van der Waals surface area contributed by atoms with Crippen LogP contribution in [0, 0.1) is 0 Å². The number of nitrogens with one attached hydrogen (secondary N) is 1. The zero-order valence-corrected chi connectivity index (χ0v) is 10.3. The van der Waals surface area contributed by atoms with E-state index >= 15 is 0 Å². The highest BCUT2D eigenvalue weighted by Crippen LogP contribution is 2.15. The van der Waals surface area contributed by atoms with Gasteiger partial charge in [0.15, 0.2) is 0 Å². The molecule has 0 bridgehead atoms. The van der Waals surface area contributed by atoms with Gasteiger partial charge in [0.05, 0.1) is 18.9 Å². The third kappa shape index (κ3) is 4.03. The van der Waals surface area contributed by atoms with E-state index in [9.17, 15) is 4.79 Å². The van der Waals surface area contributed by atoms with Crippen LogP contribution in [0.25, 0.3) is 0 Å². The van der Waals surface area contributed by atoms with Crippen molar-refractivity contribution in [2.75, 3.05) is 13.7 Å². The lowest BCUT2D eigenvalue weighted by Crippen LogP contribution is -2.30. The van der Waals surface area contributed by atoms with Crippen LogP contribution in [0.5, 0.6) is 5.75 Å². The summed E-state index contributed by atoms with van der Waals surface area (Å²) in [5, 5.41) is 2.81. The summed E-state index contributed by atoms with van der Waals surface area (Å²) in [6.07, 6.45) is 4.77. The zero-order valence-electron chi connectivity index (χ0n) is 10.3. The van der Waals surface area contributed by atoms with Gasteiger partial charge in [-0.2, -0.15) is 0 Å². The molecule has 1 aromatic heterocycles. The van der Waals surface area contributed by atoms with Crippen LogP contribution in [0.4, 0.5) is 0 Å². The minimum Gasteiger partial charge on any atom is -0.494 e. The largest absolute Gasteiger partial charge is 0.494 e. The number of ether oxygens (including phenoxy) is 1. The minimum absolute atomic E-state index is 0.134. The Labute approximate surface area is 101 Å². The first kappa shape index (κ1) is 13.4. The molecule has 1 amide bonds. The lowest BCUT2D eigenvalue weighted by Gasteiger charge is -2.11. The van der Waals surface area contributed by atoms with Gasteiger partial charge in [0.25, 0.3) is 5.91 Å². The van der Waals surface area contributed by atoms with Crippen molar-refractivity contribution in [1.29, 1.82) is 0 Å². The number of nitrogens with zero attached hydrogens (tertiary/aromatic N) is 1. The van der Waals surface area contributed by atoms with Gasteiger partial charge in [-0.15, -0.1) is 0 Å². The van der Waals surface area contributed by atoms with E-state index in [4.69, 9.17) is 10.5 Å². The molecule has 17 heavy (non-hydrogen) atoms. The molecule has 1 unspecified atom stereocenters. The number of nitrogens with two attached hydrogens (primary N) is 1. The third-order valence-corrected chi connectivity index (χ3v) is 2.57. The number of carbonyl (C=O) groups is 1. The first-order valence-corrected chi connectivity index (χ1v) is 5.70. The number of hydrogen-bond donors (Lipinski definition) is 2. The number of pyridine rings is 1. The molecule has 5 heteroatoms. The molecule has 0 radical (unpaired) electrons. The van der Waals surface area contributed by atoms with Gasteiger partial charge in [-0.3, -0.25) is 9.78 Å². The highest BCUT2D eigenvalue weighted by atomic mass is 16.5. The molecule has 0 saturated carbocycles. The summed E-state index contributed by atoms with van der Waals surface area (Å²) < 4.78 is 5.07. The Balaban J connectivity index is 2.52. The van der Waals surface area contributed by atoms with E-state index in [0.717, 1.165) is 12.8 Å². The van der Waals surface area contributed by atoms with E-state index in [1.54, 1.807) is 12.3 Å². The maximum Gasteiger partial charge on any atom is 0.255 e. The lowest BCUT2D eigenvalue weighted by molar-refractivity contribution is 0.0949. The molecule has 0 aliphatic rings. The average molecular weight is 237 g/mol. The third-order valence-electron chi connectivity index (χ3n) is 2.57. The van der Waals surface area contributed by atoms with Crippen molar-refractivity contribution in [3.63, 3.8) is 0 Å². The zero-order chi connectivity index (χ0) is 12.7. The quantitative estimate of drug-likeness (QED) is 0.772. The normalized spacial score (nSPS) is 11.9. The van der Waals surface area contributed by atoms with Crippen LogP contribution in [0.2, 0.25) is 0 Å². The molecular weight excluding hydrogens is 218 g/mol. The molecule has 1 rings (SSSR count). The van der Waals surface area contributed by atoms with Crippen LogP contribution >= 0.6 is 0 Å². The summed E-state index contributed by atoms with van der Waals surface area (Å²) in [5.74, 6) is 0.317. The molecule has 1 aromatic rings. The first-order valence-electron chi connectivity index (χ1n) is 5.70. The Hall–Kier alpha value is -1.62. The first-order chi connectivity index (χ1) is 8.19. The number of amides is 1. The van der Waals surface area contributed by atoms with Gasteiger partial charge in [0.1, 0.15) is 5.75 Å². The molecule has 94 valence electrons. The van der Waals surface area contributed by atoms with Gasteiger partial charge < -0.3 is 15.8 Å². The fraction of sp³-hybridized carbons (Fsp3) is 0.500. The summed E-state index contributed by atoms with van der Waals surface area (Å²) in [6.45, 7) is 2.59. The number of aromatic nitrogens is 1. The Morgan fingerprint density at radius 3 is 3.06 bits per heavy atom. The fourth-order valence-corrected chi connectivity index (χ4v) is 1.40. The highest BCUT2D eigenvalue weighted by molar-refractivity contribution is 5.96. The molecule has 0 aliphatic heterocycles. The van der Waals surface area contributed by atoms with Crippen LogP contribution in [-0.4, -0.2) is 30.6 Å². The molecule has 0 aliphatic carbocycles. The van der Waals surface area contributed by atoms with Gasteiger partial charge >= 0.3 is 0 Å². The maximum absolute atomic E-state index is 11.8. The predicted octanol–water partition coefficient (Wildman–Crippen LogP) is 0.947. The number of methoxy groups -OCH3 is 1. The van der Waals surface area contributed by atoms with Gasteiger partial charge in [-0.25, -0.2) is 0 Å². The molecule has 1 atom stereocenters. The monoisotopic (exact) mass is 237 g/mol. The van der Waals surface area contributed by atoms with E-state index in [0.29, 0.717) is 17.9 Å². The van der Waals surface area contributed by atoms with Crippen molar-refractivity contribution in [3.05, 3.63) is 24.0 Å². The topological polar surface area (TPSA) is 77.2 Å². The van der Waals surface area contributed by atoms with Gasteiger partial charge in [0, 0.05) is 18.8 Å². The lowest BCUT2D eigenvalue weighted by atomic mass is 10.1. The van der Waals surface area contributed by atoms with Crippen molar-refractivity contribution >= 4 is 5.91 Å².